The Labute approximate surface area is 126 Å². The maximum Gasteiger partial charge on any atom is 0.271 e. The zero-order valence-corrected chi connectivity index (χ0v) is 13.1. The molecule has 6 nitrogen and oxygen atoms in total. The summed E-state index contributed by atoms with van der Waals surface area (Å²) in [6, 6.07) is 4.18. The minimum absolute atomic E-state index is 0.202. The number of hydrogen-bond acceptors (Lipinski definition) is 5. The van der Waals surface area contributed by atoms with E-state index >= 15 is 0 Å². The van der Waals surface area contributed by atoms with Gasteiger partial charge in [0, 0.05) is 26.2 Å². The van der Waals surface area contributed by atoms with Gasteiger partial charge in [-0.25, -0.2) is 0 Å². The Morgan fingerprint density at radius 1 is 1.38 bits per heavy atom. The molecule has 1 aromatic heterocycles. The highest BCUT2D eigenvalue weighted by molar-refractivity contribution is 5.91. The van der Waals surface area contributed by atoms with Crippen molar-refractivity contribution in [1.82, 2.24) is 20.8 Å². The van der Waals surface area contributed by atoms with E-state index in [4.69, 9.17) is 0 Å². The minimum Gasteiger partial charge on any atom is -0.355 e. The van der Waals surface area contributed by atoms with Crippen molar-refractivity contribution in [2.75, 3.05) is 31.6 Å². The monoisotopic (exact) mass is 291 g/mol. The maximum atomic E-state index is 11.4. The topological polar surface area (TPSA) is 70.2 Å². The summed E-state index contributed by atoms with van der Waals surface area (Å²) in [6.45, 7) is 7.42. The third-order valence-electron chi connectivity index (χ3n) is 4.21. The lowest BCUT2D eigenvalue weighted by atomic mass is 9.90. The summed E-state index contributed by atoms with van der Waals surface area (Å²) in [6.07, 6.45) is 2.32. The molecule has 0 aromatic carbocycles. The SMILES string of the molecule is CCNC(C)C1CCN(c2ccc(C(=O)NC)nn2)CC1. The number of piperidine rings is 1. The van der Waals surface area contributed by atoms with Crippen LogP contribution in [0.2, 0.25) is 0 Å². The molecule has 0 radical (unpaired) electrons. The summed E-state index contributed by atoms with van der Waals surface area (Å²) < 4.78 is 0. The minimum atomic E-state index is -0.202. The molecule has 0 saturated carbocycles. The molecule has 1 atom stereocenters. The largest absolute Gasteiger partial charge is 0.355 e. The van der Waals surface area contributed by atoms with Crippen LogP contribution in [0.1, 0.15) is 37.2 Å². The van der Waals surface area contributed by atoms with Gasteiger partial charge in [-0.15, -0.1) is 10.2 Å². The maximum absolute atomic E-state index is 11.4. The normalized spacial score (nSPS) is 17.6. The van der Waals surface area contributed by atoms with Crippen molar-refractivity contribution in [2.24, 2.45) is 5.92 Å². The molecule has 1 unspecified atom stereocenters. The molecule has 1 aromatic rings. The van der Waals surface area contributed by atoms with Crippen LogP contribution in [0, 0.1) is 5.92 Å². The van der Waals surface area contributed by atoms with Crippen LogP contribution in [0.5, 0.6) is 0 Å². The number of amides is 1. The van der Waals surface area contributed by atoms with E-state index in [0.717, 1.165) is 44.2 Å². The van der Waals surface area contributed by atoms with Gasteiger partial charge < -0.3 is 15.5 Å². The summed E-state index contributed by atoms with van der Waals surface area (Å²) in [4.78, 5) is 13.7. The molecule has 0 bridgehead atoms. The van der Waals surface area contributed by atoms with Crippen LogP contribution in [0.3, 0.4) is 0 Å². The Morgan fingerprint density at radius 2 is 2.10 bits per heavy atom. The molecule has 21 heavy (non-hydrogen) atoms. The molecular formula is C15H25N5O. The number of nitrogens with zero attached hydrogens (tertiary/aromatic N) is 3. The second-order valence-corrected chi connectivity index (χ2v) is 5.53. The summed E-state index contributed by atoms with van der Waals surface area (Å²) >= 11 is 0. The van der Waals surface area contributed by atoms with E-state index in [1.165, 1.54) is 0 Å². The predicted molar refractivity (Wildman–Crippen MR) is 83.5 cm³/mol. The van der Waals surface area contributed by atoms with Crippen LogP contribution in [0.4, 0.5) is 5.82 Å². The fourth-order valence-electron chi connectivity index (χ4n) is 2.86. The molecule has 2 N–H and O–H groups in total. The van der Waals surface area contributed by atoms with Crippen LogP contribution >= 0.6 is 0 Å². The van der Waals surface area contributed by atoms with Gasteiger partial charge in [-0.3, -0.25) is 4.79 Å². The van der Waals surface area contributed by atoms with Gasteiger partial charge in [0.2, 0.25) is 0 Å². The van der Waals surface area contributed by atoms with Gasteiger partial charge in [0.15, 0.2) is 11.5 Å². The first kappa shape index (κ1) is 15.7. The van der Waals surface area contributed by atoms with E-state index in [2.05, 4.69) is 39.6 Å². The first-order chi connectivity index (χ1) is 10.2. The molecule has 2 rings (SSSR count). The fourth-order valence-corrected chi connectivity index (χ4v) is 2.86. The van der Waals surface area contributed by atoms with E-state index in [1.54, 1.807) is 13.1 Å². The number of aromatic nitrogens is 2. The molecule has 1 amide bonds. The zero-order chi connectivity index (χ0) is 15.2. The van der Waals surface area contributed by atoms with E-state index < -0.39 is 0 Å². The van der Waals surface area contributed by atoms with E-state index in [-0.39, 0.29) is 5.91 Å². The van der Waals surface area contributed by atoms with Crippen molar-refractivity contribution >= 4 is 11.7 Å². The molecular weight excluding hydrogens is 266 g/mol. The van der Waals surface area contributed by atoms with Crippen LogP contribution in [-0.4, -0.2) is 48.8 Å². The first-order valence-corrected chi connectivity index (χ1v) is 7.69. The highest BCUT2D eigenvalue weighted by Gasteiger charge is 2.24. The van der Waals surface area contributed by atoms with Crippen LogP contribution < -0.4 is 15.5 Å². The smallest absolute Gasteiger partial charge is 0.271 e. The number of nitrogens with one attached hydrogen (secondary N) is 2. The summed E-state index contributed by atoms with van der Waals surface area (Å²) in [7, 11) is 1.59. The number of hydrogen-bond donors (Lipinski definition) is 2. The van der Waals surface area contributed by atoms with Gasteiger partial charge in [-0.1, -0.05) is 6.92 Å². The van der Waals surface area contributed by atoms with Crippen molar-refractivity contribution in [2.45, 2.75) is 32.7 Å². The molecule has 2 heterocycles. The molecule has 1 aliphatic rings. The number of carbonyl (C=O) groups excluding carboxylic acids is 1. The van der Waals surface area contributed by atoms with E-state index in [1.807, 2.05) is 6.07 Å². The van der Waals surface area contributed by atoms with E-state index in [0.29, 0.717) is 11.7 Å². The fraction of sp³-hybridized carbons (Fsp3) is 0.667. The number of rotatable bonds is 5. The highest BCUT2D eigenvalue weighted by Crippen LogP contribution is 2.23. The summed E-state index contributed by atoms with van der Waals surface area (Å²) in [5.74, 6) is 1.38. The quantitative estimate of drug-likeness (QED) is 0.848. The Balaban J connectivity index is 1.91. The first-order valence-electron chi connectivity index (χ1n) is 7.69. The van der Waals surface area contributed by atoms with Crippen LogP contribution in [-0.2, 0) is 0 Å². The lowest BCUT2D eigenvalue weighted by molar-refractivity contribution is 0.0957. The zero-order valence-electron chi connectivity index (χ0n) is 13.1. The number of anilines is 1. The van der Waals surface area contributed by atoms with Crippen LogP contribution in [0.25, 0.3) is 0 Å². The van der Waals surface area contributed by atoms with Gasteiger partial charge in [-0.05, 0) is 44.4 Å². The Hall–Kier alpha value is -1.69. The second kappa shape index (κ2) is 7.36. The van der Waals surface area contributed by atoms with Crippen molar-refractivity contribution in [3.8, 4) is 0 Å². The Kier molecular flexibility index (Phi) is 5.50. The lowest BCUT2D eigenvalue weighted by Crippen LogP contribution is -2.42. The Morgan fingerprint density at radius 3 is 2.62 bits per heavy atom. The highest BCUT2D eigenvalue weighted by atomic mass is 16.1. The third-order valence-corrected chi connectivity index (χ3v) is 4.21. The molecule has 116 valence electrons. The second-order valence-electron chi connectivity index (χ2n) is 5.53. The Bertz CT molecular complexity index is 454. The van der Waals surface area contributed by atoms with Gasteiger partial charge in [0.1, 0.15) is 0 Å². The van der Waals surface area contributed by atoms with Gasteiger partial charge >= 0.3 is 0 Å². The van der Waals surface area contributed by atoms with Crippen LogP contribution in [0.15, 0.2) is 12.1 Å². The molecule has 1 saturated heterocycles. The van der Waals surface area contributed by atoms with E-state index in [9.17, 15) is 4.79 Å². The van der Waals surface area contributed by atoms with Gasteiger partial charge in [0.25, 0.3) is 5.91 Å². The summed E-state index contributed by atoms with van der Waals surface area (Å²) in [5, 5.41) is 14.2. The molecule has 6 heteroatoms. The number of carbonyl (C=O) groups is 1. The van der Waals surface area contributed by atoms with Gasteiger partial charge in [0.05, 0.1) is 0 Å². The predicted octanol–water partition coefficient (Wildman–Crippen LogP) is 1.05. The standard InChI is InChI=1S/C15H25N5O/c1-4-17-11(2)12-7-9-20(10-8-12)14-6-5-13(18-19-14)15(21)16-3/h5-6,11-12,17H,4,7-10H2,1-3H3,(H,16,21). The lowest BCUT2D eigenvalue weighted by Gasteiger charge is -2.35. The third kappa shape index (κ3) is 3.91. The van der Waals surface area contributed by atoms with Crippen molar-refractivity contribution < 1.29 is 4.79 Å². The summed E-state index contributed by atoms with van der Waals surface area (Å²) in [5.41, 5.74) is 0.358. The van der Waals surface area contributed by atoms with Crippen molar-refractivity contribution in [3.63, 3.8) is 0 Å². The average Bonchev–Trinajstić information content (AvgIpc) is 2.54. The van der Waals surface area contributed by atoms with Gasteiger partial charge in [-0.2, -0.15) is 0 Å². The molecule has 1 fully saturated rings. The molecule has 1 aliphatic heterocycles. The van der Waals surface area contributed by atoms with Crippen molar-refractivity contribution in [1.29, 1.82) is 0 Å². The van der Waals surface area contributed by atoms with Crippen molar-refractivity contribution in [3.05, 3.63) is 17.8 Å². The molecule has 0 spiro atoms. The average molecular weight is 291 g/mol. The molecule has 0 aliphatic carbocycles.